The number of carbonyl (C=O) groups is 3. The molecule has 0 spiro atoms. The van der Waals surface area contributed by atoms with Crippen LogP contribution in [0.5, 0.6) is 5.75 Å². The van der Waals surface area contributed by atoms with E-state index >= 15 is 0 Å². The van der Waals surface area contributed by atoms with Crippen LogP contribution in [0.1, 0.15) is 47.2 Å². The lowest BCUT2D eigenvalue weighted by Crippen LogP contribution is -2.52. The highest BCUT2D eigenvalue weighted by Crippen LogP contribution is 2.31. The minimum atomic E-state index is -0.596. The van der Waals surface area contributed by atoms with Gasteiger partial charge in [0.05, 0.1) is 0 Å². The van der Waals surface area contributed by atoms with Crippen molar-refractivity contribution in [3.8, 4) is 5.75 Å². The zero-order valence-electron chi connectivity index (χ0n) is 21.9. The quantitative estimate of drug-likeness (QED) is 0.388. The van der Waals surface area contributed by atoms with Gasteiger partial charge in [-0.3, -0.25) is 24.6 Å². The fourth-order valence-corrected chi connectivity index (χ4v) is 5.36. The molecular formula is C31H34N4O4. The summed E-state index contributed by atoms with van der Waals surface area (Å²) in [5.41, 5.74) is 8.96. The van der Waals surface area contributed by atoms with Crippen molar-refractivity contribution >= 4 is 23.4 Å². The van der Waals surface area contributed by atoms with Crippen LogP contribution in [0.25, 0.3) is 0 Å². The molecule has 3 heterocycles. The molecule has 3 aromatic rings. The summed E-state index contributed by atoms with van der Waals surface area (Å²) in [7, 11) is 0. The van der Waals surface area contributed by atoms with E-state index in [2.05, 4.69) is 34.5 Å². The first-order valence-electron chi connectivity index (χ1n) is 13.5. The van der Waals surface area contributed by atoms with Gasteiger partial charge in [-0.05, 0) is 67.3 Å². The molecule has 202 valence electrons. The van der Waals surface area contributed by atoms with Crippen LogP contribution in [-0.4, -0.2) is 52.8 Å². The van der Waals surface area contributed by atoms with Gasteiger partial charge in [-0.2, -0.15) is 0 Å². The summed E-state index contributed by atoms with van der Waals surface area (Å²) in [4.78, 5) is 40.5. The number of ether oxygens (including phenoxy) is 1. The van der Waals surface area contributed by atoms with Gasteiger partial charge in [0, 0.05) is 37.3 Å². The van der Waals surface area contributed by atoms with Gasteiger partial charge in [-0.25, -0.2) is 0 Å². The van der Waals surface area contributed by atoms with E-state index in [0.29, 0.717) is 18.5 Å². The number of amides is 3. The Balaban J connectivity index is 0.000000384. The molecule has 3 amide bonds. The summed E-state index contributed by atoms with van der Waals surface area (Å²) in [6.07, 6.45) is 2.82. The number of piperidine rings is 2. The van der Waals surface area contributed by atoms with Gasteiger partial charge in [0.1, 0.15) is 17.9 Å². The number of benzene rings is 3. The number of nitrogens with zero attached hydrogens (tertiary/aromatic N) is 2. The predicted octanol–water partition coefficient (Wildman–Crippen LogP) is 3.76. The van der Waals surface area contributed by atoms with Crippen LogP contribution in [0.3, 0.4) is 0 Å². The van der Waals surface area contributed by atoms with Gasteiger partial charge in [-0.1, -0.05) is 48.5 Å². The van der Waals surface area contributed by atoms with Crippen LogP contribution in [-0.2, 0) is 22.7 Å². The molecule has 0 saturated carbocycles. The number of para-hydroxylation sites is 1. The fourth-order valence-electron chi connectivity index (χ4n) is 5.36. The monoisotopic (exact) mass is 526 g/mol. The first-order chi connectivity index (χ1) is 19.0. The maximum Gasteiger partial charge on any atom is 0.255 e. The number of rotatable bonds is 5. The number of imide groups is 1. The zero-order valence-corrected chi connectivity index (χ0v) is 21.9. The third kappa shape index (κ3) is 6.64. The highest BCUT2D eigenvalue weighted by atomic mass is 16.5. The van der Waals surface area contributed by atoms with Crippen LogP contribution < -0.4 is 15.8 Å². The molecule has 3 aliphatic heterocycles. The second-order valence-electron chi connectivity index (χ2n) is 10.2. The maximum atomic E-state index is 12.9. The largest absolute Gasteiger partial charge is 0.489 e. The van der Waals surface area contributed by atoms with Gasteiger partial charge >= 0.3 is 0 Å². The molecule has 39 heavy (non-hydrogen) atoms. The molecule has 0 aromatic heterocycles. The summed E-state index contributed by atoms with van der Waals surface area (Å²) < 4.78 is 6.30. The molecule has 2 atom stereocenters. The summed E-state index contributed by atoms with van der Waals surface area (Å²) >= 11 is 0. The number of nitrogens with one attached hydrogen (secondary N) is 1. The SMILES string of the molecule is Nc1ccccc1.O=C1CCC(N2Cc3cc(OC4CCCN(Cc5ccccc5)C4)ccc3C2=O)C(=O)N1. The first-order valence-corrected chi connectivity index (χ1v) is 13.5. The molecule has 2 unspecified atom stereocenters. The minimum absolute atomic E-state index is 0.105. The average Bonchev–Trinajstić information content (AvgIpc) is 3.25. The molecule has 3 N–H and O–H groups in total. The Bertz CT molecular complexity index is 1310. The molecule has 2 fully saturated rings. The molecule has 0 radical (unpaired) electrons. The Morgan fingerprint density at radius 3 is 2.36 bits per heavy atom. The normalized spacial score (nSPS) is 21.0. The minimum Gasteiger partial charge on any atom is -0.489 e. The number of nitrogen functional groups attached to an aromatic ring is 1. The molecule has 8 heteroatoms. The number of nitrogens with two attached hydrogens (primary N) is 1. The molecular weight excluding hydrogens is 492 g/mol. The van der Waals surface area contributed by atoms with E-state index in [4.69, 9.17) is 10.5 Å². The Hall–Kier alpha value is -4.17. The molecule has 3 aliphatic rings. The van der Waals surface area contributed by atoms with Crippen molar-refractivity contribution in [2.24, 2.45) is 0 Å². The zero-order chi connectivity index (χ0) is 27.2. The highest BCUT2D eigenvalue weighted by Gasteiger charge is 2.39. The lowest BCUT2D eigenvalue weighted by atomic mass is 10.0. The Labute approximate surface area is 228 Å². The summed E-state index contributed by atoms with van der Waals surface area (Å²) in [5, 5.41) is 2.34. The van der Waals surface area contributed by atoms with Crippen LogP contribution in [0.15, 0.2) is 78.9 Å². The third-order valence-electron chi connectivity index (χ3n) is 7.31. The Morgan fingerprint density at radius 1 is 0.923 bits per heavy atom. The van der Waals surface area contributed by atoms with Gasteiger partial charge in [-0.15, -0.1) is 0 Å². The third-order valence-corrected chi connectivity index (χ3v) is 7.31. The van der Waals surface area contributed by atoms with Crippen molar-refractivity contribution in [3.05, 3.63) is 95.6 Å². The van der Waals surface area contributed by atoms with Crippen molar-refractivity contribution in [1.29, 1.82) is 0 Å². The number of hydrogen-bond donors (Lipinski definition) is 2. The van der Waals surface area contributed by atoms with E-state index in [9.17, 15) is 14.4 Å². The summed E-state index contributed by atoms with van der Waals surface area (Å²) in [6, 6.07) is 24.9. The van der Waals surface area contributed by atoms with E-state index in [0.717, 1.165) is 49.5 Å². The lowest BCUT2D eigenvalue weighted by Gasteiger charge is -2.33. The molecule has 3 aromatic carbocycles. The second kappa shape index (κ2) is 12.1. The Morgan fingerprint density at radius 2 is 1.67 bits per heavy atom. The maximum absolute atomic E-state index is 12.9. The van der Waals surface area contributed by atoms with E-state index < -0.39 is 6.04 Å². The number of carbonyl (C=O) groups excluding carboxylic acids is 3. The van der Waals surface area contributed by atoms with E-state index in [1.807, 2.05) is 48.5 Å². The molecule has 2 saturated heterocycles. The van der Waals surface area contributed by atoms with Crippen molar-refractivity contribution in [2.75, 3.05) is 18.8 Å². The summed E-state index contributed by atoms with van der Waals surface area (Å²) in [5.74, 6) is -0.0690. The standard InChI is InChI=1S/C25H27N3O4.C6H7N/c29-23-11-10-22(24(30)26-23)28-15-18-13-19(8-9-21(18)25(28)31)32-20-7-4-12-27(16-20)14-17-5-2-1-3-6-17;7-6-4-2-1-3-5-6/h1-3,5-6,8-9,13,20,22H,4,7,10-12,14-16H2,(H,26,29,30);1-5H,7H2. The number of hydrogen-bond acceptors (Lipinski definition) is 6. The second-order valence-corrected chi connectivity index (χ2v) is 10.2. The molecule has 0 aliphatic carbocycles. The number of anilines is 1. The molecule has 6 rings (SSSR count). The number of fused-ring (bicyclic) bond motifs is 1. The average molecular weight is 527 g/mol. The predicted molar refractivity (Wildman–Crippen MR) is 149 cm³/mol. The van der Waals surface area contributed by atoms with Crippen molar-refractivity contribution in [3.63, 3.8) is 0 Å². The molecule has 8 nitrogen and oxygen atoms in total. The fraction of sp³-hybridized carbons (Fsp3) is 0.323. The molecule has 0 bridgehead atoms. The lowest BCUT2D eigenvalue weighted by molar-refractivity contribution is -0.136. The van der Waals surface area contributed by atoms with Crippen molar-refractivity contribution < 1.29 is 19.1 Å². The van der Waals surface area contributed by atoms with Crippen LogP contribution in [0, 0.1) is 0 Å². The first kappa shape index (κ1) is 26.4. The topological polar surface area (TPSA) is 105 Å². The van der Waals surface area contributed by atoms with Gasteiger partial charge in [0.25, 0.3) is 5.91 Å². The van der Waals surface area contributed by atoms with E-state index in [1.165, 1.54) is 5.56 Å². The van der Waals surface area contributed by atoms with Crippen LogP contribution >= 0.6 is 0 Å². The van der Waals surface area contributed by atoms with E-state index in [1.54, 1.807) is 11.0 Å². The van der Waals surface area contributed by atoms with Gasteiger partial charge in [0.15, 0.2) is 0 Å². The van der Waals surface area contributed by atoms with Gasteiger partial charge in [0.2, 0.25) is 11.8 Å². The van der Waals surface area contributed by atoms with E-state index in [-0.39, 0.29) is 30.2 Å². The van der Waals surface area contributed by atoms with Crippen LogP contribution in [0.2, 0.25) is 0 Å². The van der Waals surface area contributed by atoms with Crippen LogP contribution in [0.4, 0.5) is 5.69 Å². The smallest absolute Gasteiger partial charge is 0.255 e. The van der Waals surface area contributed by atoms with Crippen molar-refractivity contribution in [2.45, 2.75) is 50.9 Å². The number of likely N-dealkylation sites (tertiary alicyclic amines) is 1. The highest BCUT2D eigenvalue weighted by molar-refractivity contribution is 6.05. The Kier molecular flexibility index (Phi) is 8.22. The van der Waals surface area contributed by atoms with Gasteiger partial charge < -0.3 is 15.4 Å². The summed E-state index contributed by atoms with van der Waals surface area (Å²) in [6.45, 7) is 3.21. The van der Waals surface area contributed by atoms with Crippen molar-refractivity contribution in [1.82, 2.24) is 15.1 Å².